The van der Waals surface area contributed by atoms with E-state index in [4.69, 9.17) is 4.74 Å². The molecule has 0 spiro atoms. The Morgan fingerprint density at radius 1 is 1.13 bits per heavy atom. The number of phenols is 1. The molecular formula is C16H14N2O4S. The van der Waals surface area contributed by atoms with E-state index in [0.717, 1.165) is 13.0 Å². The van der Waals surface area contributed by atoms with Crippen molar-refractivity contribution in [1.29, 1.82) is 0 Å². The fourth-order valence-corrected chi connectivity index (χ4v) is 4.15. The first-order valence-electron chi connectivity index (χ1n) is 7.25. The number of nitrogens with zero attached hydrogens (tertiary/aromatic N) is 2. The van der Waals surface area contributed by atoms with Crippen LogP contribution in [0.2, 0.25) is 0 Å². The van der Waals surface area contributed by atoms with E-state index < -0.39 is 10.0 Å². The zero-order valence-corrected chi connectivity index (χ0v) is 13.0. The highest BCUT2D eigenvalue weighted by atomic mass is 32.2. The van der Waals surface area contributed by atoms with Crippen molar-refractivity contribution in [2.24, 2.45) is 4.40 Å². The maximum Gasteiger partial charge on any atom is 0.286 e. The Morgan fingerprint density at radius 2 is 1.96 bits per heavy atom. The van der Waals surface area contributed by atoms with E-state index in [-0.39, 0.29) is 10.6 Å². The first kappa shape index (κ1) is 14.1. The molecule has 0 unspecified atom stereocenters. The molecule has 7 heteroatoms. The summed E-state index contributed by atoms with van der Waals surface area (Å²) < 4.78 is 34.3. The van der Waals surface area contributed by atoms with Gasteiger partial charge < -0.3 is 14.7 Å². The van der Waals surface area contributed by atoms with Gasteiger partial charge in [0.15, 0.2) is 0 Å². The van der Waals surface area contributed by atoms with E-state index in [1.165, 1.54) is 18.2 Å². The van der Waals surface area contributed by atoms with Crippen LogP contribution in [0.5, 0.6) is 17.2 Å². The zero-order chi connectivity index (χ0) is 16.0. The van der Waals surface area contributed by atoms with Crippen LogP contribution in [0.25, 0.3) is 0 Å². The molecule has 23 heavy (non-hydrogen) atoms. The number of aromatic hydroxyl groups is 1. The highest BCUT2D eigenvalue weighted by Crippen LogP contribution is 2.38. The van der Waals surface area contributed by atoms with E-state index in [0.29, 0.717) is 29.4 Å². The second-order valence-electron chi connectivity index (χ2n) is 5.47. The highest BCUT2D eigenvalue weighted by Gasteiger charge is 2.33. The summed E-state index contributed by atoms with van der Waals surface area (Å²) in [7, 11) is -3.70. The predicted octanol–water partition coefficient (Wildman–Crippen LogP) is 2.89. The Hall–Kier alpha value is -2.54. The normalized spacial score (nSPS) is 18.1. The standard InChI is InChI=1S/C16H14N2O4S/c19-11-3-1-4-12(9-11)22-13-6-7-14-15(10-13)23(20,21)17-16-5-2-8-18(14)16/h1,3-4,6-7,9-10,19H,2,5,8H2. The first-order chi connectivity index (χ1) is 11.0. The van der Waals surface area contributed by atoms with Crippen molar-refractivity contribution in [2.75, 3.05) is 11.4 Å². The molecule has 0 bridgehead atoms. The van der Waals surface area contributed by atoms with Crippen LogP contribution in [0.1, 0.15) is 12.8 Å². The van der Waals surface area contributed by atoms with Crippen LogP contribution in [-0.4, -0.2) is 25.9 Å². The molecule has 0 aromatic heterocycles. The van der Waals surface area contributed by atoms with Crippen LogP contribution in [0.4, 0.5) is 5.69 Å². The summed E-state index contributed by atoms with van der Waals surface area (Å²) in [6.07, 6.45) is 1.58. The maximum absolute atomic E-state index is 12.4. The van der Waals surface area contributed by atoms with Crippen molar-refractivity contribution in [3.8, 4) is 17.2 Å². The molecule has 2 aromatic carbocycles. The molecule has 2 aliphatic rings. The van der Waals surface area contributed by atoms with Crippen LogP contribution < -0.4 is 9.64 Å². The molecule has 4 rings (SSSR count). The van der Waals surface area contributed by atoms with E-state index >= 15 is 0 Å². The maximum atomic E-state index is 12.4. The SMILES string of the molecule is O=S1(=O)N=C2CCCN2c2ccc(Oc3cccc(O)c3)cc21. The number of fused-ring (bicyclic) bond motifs is 3. The molecule has 0 aliphatic carbocycles. The lowest BCUT2D eigenvalue weighted by atomic mass is 10.2. The molecular weight excluding hydrogens is 316 g/mol. The van der Waals surface area contributed by atoms with Gasteiger partial charge in [0, 0.05) is 25.1 Å². The molecule has 1 saturated heterocycles. The van der Waals surface area contributed by atoms with Crippen LogP contribution in [-0.2, 0) is 10.0 Å². The third-order valence-electron chi connectivity index (χ3n) is 3.87. The Morgan fingerprint density at radius 3 is 2.78 bits per heavy atom. The third-order valence-corrected chi connectivity index (χ3v) is 5.21. The van der Waals surface area contributed by atoms with Gasteiger partial charge >= 0.3 is 0 Å². The van der Waals surface area contributed by atoms with Gasteiger partial charge in [-0.2, -0.15) is 8.42 Å². The quantitative estimate of drug-likeness (QED) is 0.916. The minimum absolute atomic E-state index is 0.0828. The average molecular weight is 330 g/mol. The number of rotatable bonds is 2. The summed E-state index contributed by atoms with van der Waals surface area (Å²) in [5.74, 6) is 1.51. The molecule has 1 N–H and O–H groups in total. The number of benzene rings is 2. The number of hydrogen-bond acceptors (Lipinski definition) is 5. The molecule has 118 valence electrons. The number of phenolic OH excluding ortho intramolecular Hbond substituents is 1. The first-order valence-corrected chi connectivity index (χ1v) is 8.69. The van der Waals surface area contributed by atoms with Crippen molar-refractivity contribution < 1.29 is 18.3 Å². The van der Waals surface area contributed by atoms with Crippen LogP contribution >= 0.6 is 0 Å². The van der Waals surface area contributed by atoms with E-state index in [1.807, 2.05) is 4.90 Å². The van der Waals surface area contributed by atoms with Gasteiger partial charge in [0.05, 0.1) is 5.69 Å². The summed E-state index contributed by atoms with van der Waals surface area (Å²) in [5, 5.41) is 9.47. The Kier molecular flexibility index (Phi) is 3.05. The van der Waals surface area contributed by atoms with Crippen molar-refractivity contribution in [2.45, 2.75) is 17.7 Å². The summed E-state index contributed by atoms with van der Waals surface area (Å²) in [6, 6.07) is 11.3. The van der Waals surface area contributed by atoms with Crippen LogP contribution in [0.15, 0.2) is 51.8 Å². The van der Waals surface area contributed by atoms with E-state index in [2.05, 4.69) is 4.40 Å². The molecule has 2 aromatic rings. The fourth-order valence-electron chi connectivity index (χ4n) is 2.87. The van der Waals surface area contributed by atoms with Gasteiger partial charge in [0.2, 0.25) is 0 Å². The van der Waals surface area contributed by atoms with Gasteiger partial charge in [-0.1, -0.05) is 6.07 Å². The van der Waals surface area contributed by atoms with Crippen LogP contribution in [0, 0.1) is 0 Å². The van der Waals surface area contributed by atoms with Gasteiger partial charge in [-0.05, 0) is 30.7 Å². The molecule has 0 atom stereocenters. The number of sulfonamides is 1. The second kappa shape index (κ2) is 4.99. The molecule has 0 radical (unpaired) electrons. The molecule has 2 heterocycles. The van der Waals surface area contributed by atoms with Crippen molar-refractivity contribution in [1.82, 2.24) is 0 Å². The minimum Gasteiger partial charge on any atom is -0.508 e. The van der Waals surface area contributed by atoms with Crippen LogP contribution in [0.3, 0.4) is 0 Å². The molecule has 0 saturated carbocycles. The van der Waals surface area contributed by atoms with E-state index in [9.17, 15) is 13.5 Å². The lowest BCUT2D eigenvalue weighted by molar-refractivity contribution is 0.454. The minimum atomic E-state index is -3.70. The zero-order valence-electron chi connectivity index (χ0n) is 12.1. The number of amidine groups is 1. The average Bonchev–Trinajstić information content (AvgIpc) is 2.95. The largest absolute Gasteiger partial charge is 0.508 e. The second-order valence-corrected chi connectivity index (χ2v) is 7.04. The van der Waals surface area contributed by atoms with Gasteiger partial charge in [0.1, 0.15) is 28.0 Å². The fraction of sp³-hybridized carbons (Fsp3) is 0.188. The topological polar surface area (TPSA) is 79.2 Å². The third kappa shape index (κ3) is 2.43. The number of anilines is 1. The summed E-state index contributed by atoms with van der Waals surface area (Å²) >= 11 is 0. The highest BCUT2D eigenvalue weighted by molar-refractivity contribution is 7.90. The Labute approximate surface area is 133 Å². The lowest BCUT2D eigenvalue weighted by Crippen LogP contribution is -2.30. The number of ether oxygens (including phenoxy) is 1. The molecule has 2 aliphatic heterocycles. The van der Waals surface area contributed by atoms with Gasteiger partial charge in [-0.25, -0.2) is 0 Å². The summed E-state index contributed by atoms with van der Waals surface area (Å²) in [4.78, 5) is 2.09. The molecule has 0 amide bonds. The molecule has 6 nitrogen and oxygen atoms in total. The van der Waals surface area contributed by atoms with Crippen molar-refractivity contribution in [3.05, 3.63) is 42.5 Å². The smallest absolute Gasteiger partial charge is 0.286 e. The number of hydrogen-bond donors (Lipinski definition) is 1. The van der Waals surface area contributed by atoms with Gasteiger partial charge in [-0.3, -0.25) is 0 Å². The van der Waals surface area contributed by atoms with Crippen molar-refractivity contribution in [3.63, 3.8) is 0 Å². The monoisotopic (exact) mass is 330 g/mol. The molecule has 1 fully saturated rings. The Bertz CT molecular complexity index is 921. The lowest BCUT2D eigenvalue weighted by Gasteiger charge is -2.25. The predicted molar refractivity (Wildman–Crippen MR) is 85.8 cm³/mol. The van der Waals surface area contributed by atoms with Gasteiger partial charge in [0.25, 0.3) is 10.0 Å². The van der Waals surface area contributed by atoms with Gasteiger partial charge in [-0.15, -0.1) is 4.40 Å². The Balaban J connectivity index is 1.75. The summed E-state index contributed by atoms with van der Waals surface area (Å²) in [6.45, 7) is 0.772. The summed E-state index contributed by atoms with van der Waals surface area (Å²) in [5.41, 5.74) is 0.649. The van der Waals surface area contributed by atoms with Crippen molar-refractivity contribution >= 4 is 21.5 Å². The van der Waals surface area contributed by atoms with E-state index in [1.54, 1.807) is 24.3 Å².